The van der Waals surface area contributed by atoms with Crippen LogP contribution in [0.3, 0.4) is 0 Å². The van der Waals surface area contributed by atoms with Gasteiger partial charge in [-0.2, -0.15) is 0 Å². The van der Waals surface area contributed by atoms with Crippen molar-refractivity contribution >= 4 is 11.6 Å². The third kappa shape index (κ3) is 6.06. The summed E-state index contributed by atoms with van der Waals surface area (Å²) in [5.74, 6) is 1.51. The Labute approximate surface area is 149 Å². The number of rotatable bonds is 10. The summed E-state index contributed by atoms with van der Waals surface area (Å²) in [5.41, 5.74) is 2.27. The van der Waals surface area contributed by atoms with Crippen molar-refractivity contribution in [3.8, 4) is 11.5 Å². The lowest BCUT2D eigenvalue weighted by Crippen LogP contribution is -2.14. The van der Waals surface area contributed by atoms with Crippen LogP contribution in [0.15, 0.2) is 42.5 Å². The largest absolute Gasteiger partial charge is 0.493 e. The van der Waals surface area contributed by atoms with E-state index in [2.05, 4.69) is 18.3 Å². The highest BCUT2D eigenvalue weighted by Gasteiger charge is 2.06. The monoisotopic (exact) mass is 347 g/mol. The molecule has 0 aliphatic carbocycles. The molecular weight excluding hydrogens is 322 g/mol. The summed E-state index contributed by atoms with van der Waals surface area (Å²) in [6, 6.07) is 13.7. The van der Waals surface area contributed by atoms with E-state index in [0.717, 1.165) is 35.2 Å². The van der Waals surface area contributed by atoms with Gasteiger partial charge >= 0.3 is 0 Å². The summed E-state index contributed by atoms with van der Waals surface area (Å²) in [6.07, 6.45) is 3.73. The first kappa shape index (κ1) is 18.6. The number of ether oxygens (including phenoxy) is 2. The third-order valence-electron chi connectivity index (χ3n) is 3.82. The SMILES string of the molecule is CCCCCNCc1ccc(OCc2ccc(Cl)cc2)c(OC)c1. The zero-order chi connectivity index (χ0) is 17.2. The van der Waals surface area contributed by atoms with Crippen molar-refractivity contribution in [2.75, 3.05) is 13.7 Å². The average Bonchev–Trinajstić information content (AvgIpc) is 2.61. The van der Waals surface area contributed by atoms with Crippen LogP contribution in [0.1, 0.15) is 37.3 Å². The number of benzene rings is 2. The molecule has 130 valence electrons. The molecule has 0 radical (unpaired) electrons. The molecule has 0 atom stereocenters. The van der Waals surface area contributed by atoms with Gasteiger partial charge in [0, 0.05) is 11.6 Å². The van der Waals surface area contributed by atoms with Crippen molar-refractivity contribution in [3.05, 3.63) is 58.6 Å². The summed E-state index contributed by atoms with van der Waals surface area (Å²) in [4.78, 5) is 0. The Balaban J connectivity index is 1.89. The molecule has 0 fully saturated rings. The first-order chi connectivity index (χ1) is 11.7. The predicted octanol–water partition coefficient (Wildman–Crippen LogP) is 5.21. The minimum absolute atomic E-state index is 0.488. The molecule has 24 heavy (non-hydrogen) atoms. The lowest BCUT2D eigenvalue weighted by atomic mass is 10.2. The maximum Gasteiger partial charge on any atom is 0.161 e. The number of nitrogens with one attached hydrogen (secondary N) is 1. The number of hydrogen-bond donors (Lipinski definition) is 1. The molecule has 0 spiro atoms. The third-order valence-corrected chi connectivity index (χ3v) is 4.07. The molecule has 2 aromatic carbocycles. The topological polar surface area (TPSA) is 30.5 Å². The maximum atomic E-state index is 5.90. The quantitative estimate of drug-likeness (QED) is 0.598. The summed E-state index contributed by atoms with van der Waals surface area (Å²) in [6.45, 7) is 4.60. The summed E-state index contributed by atoms with van der Waals surface area (Å²) < 4.78 is 11.3. The molecule has 0 aliphatic rings. The second-order valence-corrected chi connectivity index (χ2v) is 6.22. The van der Waals surface area contributed by atoms with Crippen molar-refractivity contribution in [1.29, 1.82) is 0 Å². The molecule has 0 aliphatic heterocycles. The highest BCUT2D eigenvalue weighted by atomic mass is 35.5. The molecular formula is C20H26ClNO2. The molecule has 3 nitrogen and oxygen atoms in total. The van der Waals surface area contributed by atoms with Crippen LogP contribution in [0.25, 0.3) is 0 Å². The van der Waals surface area contributed by atoms with Crippen LogP contribution in [0.5, 0.6) is 11.5 Å². The van der Waals surface area contributed by atoms with Gasteiger partial charge in [0.05, 0.1) is 7.11 Å². The van der Waals surface area contributed by atoms with E-state index < -0.39 is 0 Å². The zero-order valence-electron chi connectivity index (χ0n) is 14.5. The number of unbranched alkanes of at least 4 members (excludes halogenated alkanes) is 2. The Morgan fingerprint density at radius 2 is 1.71 bits per heavy atom. The van der Waals surface area contributed by atoms with E-state index in [4.69, 9.17) is 21.1 Å². The van der Waals surface area contributed by atoms with E-state index in [1.807, 2.05) is 36.4 Å². The van der Waals surface area contributed by atoms with Gasteiger partial charge in [-0.1, -0.05) is 49.6 Å². The zero-order valence-corrected chi connectivity index (χ0v) is 15.2. The second kappa shape index (κ2) is 10.2. The Kier molecular flexibility index (Phi) is 7.93. The fourth-order valence-electron chi connectivity index (χ4n) is 2.42. The lowest BCUT2D eigenvalue weighted by Gasteiger charge is -2.13. The highest BCUT2D eigenvalue weighted by Crippen LogP contribution is 2.29. The minimum Gasteiger partial charge on any atom is -0.493 e. The van der Waals surface area contributed by atoms with Gasteiger partial charge in [-0.25, -0.2) is 0 Å². The summed E-state index contributed by atoms with van der Waals surface area (Å²) >= 11 is 5.90. The highest BCUT2D eigenvalue weighted by molar-refractivity contribution is 6.30. The van der Waals surface area contributed by atoms with Crippen LogP contribution in [-0.2, 0) is 13.2 Å². The van der Waals surface area contributed by atoms with Gasteiger partial charge in [-0.3, -0.25) is 0 Å². The molecule has 2 aromatic rings. The fourth-order valence-corrected chi connectivity index (χ4v) is 2.54. The van der Waals surface area contributed by atoms with Crippen molar-refractivity contribution in [1.82, 2.24) is 5.32 Å². The van der Waals surface area contributed by atoms with E-state index in [0.29, 0.717) is 6.61 Å². The normalized spacial score (nSPS) is 10.6. The van der Waals surface area contributed by atoms with Crippen LogP contribution >= 0.6 is 11.6 Å². The minimum atomic E-state index is 0.488. The van der Waals surface area contributed by atoms with Crippen molar-refractivity contribution in [2.24, 2.45) is 0 Å². The van der Waals surface area contributed by atoms with E-state index in [-0.39, 0.29) is 0 Å². The summed E-state index contributed by atoms with van der Waals surface area (Å²) in [5, 5.41) is 4.19. The molecule has 4 heteroatoms. The Morgan fingerprint density at radius 1 is 0.958 bits per heavy atom. The molecule has 2 rings (SSSR count). The molecule has 0 aromatic heterocycles. The first-order valence-corrected chi connectivity index (χ1v) is 8.85. The molecule has 0 heterocycles. The molecule has 0 saturated heterocycles. The number of halogens is 1. The van der Waals surface area contributed by atoms with Crippen molar-refractivity contribution in [2.45, 2.75) is 39.3 Å². The first-order valence-electron chi connectivity index (χ1n) is 8.47. The van der Waals surface area contributed by atoms with Gasteiger partial charge in [0.2, 0.25) is 0 Å². The molecule has 1 N–H and O–H groups in total. The lowest BCUT2D eigenvalue weighted by molar-refractivity contribution is 0.284. The number of methoxy groups -OCH3 is 1. The maximum absolute atomic E-state index is 5.90. The van der Waals surface area contributed by atoms with Crippen LogP contribution in [0.4, 0.5) is 0 Å². The Bertz CT molecular complexity index is 614. The second-order valence-electron chi connectivity index (χ2n) is 5.78. The molecule has 0 amide bonds. The molecule has 0 unspecified atom stereocenters. The average molecular weight is 348 g/mol. The molecule has 0 bridgehead atoms. The van der Waals surface area contributed by atoms with Gasteiger partial charge in [0.1, 0.15) is 6.61 Å². The van der Waals surface area contributed by atoms with Crippen molar-refractivity contribution in [3.63, 3.8) is 0 Å². The fraction of sp³-hybridized carbons (Fsp3) is 0.400. The molecule has 0 saturated carbocycles. The van der Waals surface area contributed by atoms with Gasteiger partial charge in [0.15, 0.2) is 11.5 Å². The van der Waals surface area contributed by atoms with E-state index >= 15 is 0 Å². The Hall–Kier alpha value is -1.71. The number of hydrogen-bond acceptors (Lipinski definition) is 3. The van der Waals surface area contributed by atoms with Gasteiger partial charge in [-0.05, 0) is 48.4 Å². The van der Waals surface area contributed by atoms with Crippen LogP contribution in [0, 0.1) is 0 Å². The van der Waals surface area contributed by atoms with Crippen molar-refractivity contribution < 1.29 is 9.47 Å². The van der Waals surface area contributed by atoms with Gasteiger partial charge < -0.3 is 14.8 Å². The Morgan fingerprint density at radius 3 is 2.42 bits per heavy atom. The van der Waals surface area contributed by atoms with E-state index in [1.165, 1.54) is 24.8 Å². The van der Waals surface area contributed by atoms with E-state index in [1.54, 1.807) is 7.11 Å². The van der Waals surface area contributed by atoms with Crippen LogP contribution in [0.2, 0.25) is 5.02 Å². The summed E-state index contributed by atoms with van der Waals surface area (Å²) in [7, 11) is 1.67. The van der Waals surface area contributed by atoms with Gasteiger partial charge in [0.25, 0.3) is 0 Å². The van der Waals surface area contributed by atoms with E-state index in [9.17, 15) is 0 Å². The van der Waals surface area contributed by atoms with Crippen LogP contribution < -0.4 is 14.8 Å². The standard InChI is InChI=1S/C20H26ClNO2/c1-3-4-5-12-22-14-17-8-11-19(20(13-17)23-2)24-15-16-6-9-18(21)10-7-16/h6-11,13,22H,3-5,12,14-15H2,1-2H3. The predicted molar refractivity (Wildman–Crippen MR) is 100 cm³/mol. The van der Waals surface area contributed by atoms with Crippen LogP contribution in [-0.4, -0.2) is 13.7 Å². The van der Waals surface area contributed by atoms with Gasteiger partial charge in [-0.15, -0.1) is 0 Å². The smallest absolute Gasteiger partial charge is 0.161 e.